The molecular formula is C21H20N4O3S. The van der Waals surface area contributed by atoms with Gasteiger partial charge in [0, 0.05) is 17.8 Å². The van der Waals surface area contributed by atoms with Crippen LogP contribution in [0.1, 0.15) is 25.9 Å². The number of nitrogens with zero attached hydrogens (tertiary/aromatic N) is 2. The molecule has 4 rings (SSSR count). The summed E-state index contributed by atoms with van der Waals surface area (Å²) in [7, 11) is 0. The van der Waals surface area contributed by atoms with Crippen LogP contribution in [0.3, 0.4) is 0 Å². The van der Waals surface area contributed by atoms with Gasteiger partial charge in [0.2, 0.25) is 0 Å². The van der Waals surface area contributed by atoms with Gasteiger partial charge in [0.05, 0.1) is 23.6 Å². The van der Waals surface area contributed by atoms with E-state index in [9.17, 15) is 9.59 Å². The van der Waals surface area contributed by atoms with Crippen LogP contribution in [0.4, 0.5) is 16.2 Å². The lowest BCUT2D eigenvalue weighted by Crippen LogP contribution is -2.35. The van der Waals surface area contributed by atoms with Crippen molar-refractivity contribution < 1.29 is 14.3 Å². The second-order valence-electron chi connectivity index (χ2n) is 6.64. The van der Waals surface area contributed by atoms with Crippen LogP contribution in [-0.4, -0.2) is 28.4 Å². The van der Waals surface area contributed by atoms with Crippen molar-refractivity contribution in [2.45, 2.75) is 19.6 Å². The third kappa shape index (κ3) is 4.38. The highest BCUT2D eigenvalue weighted by atomic mass is 32.1. The number of carbonyl (C=O) groups excluding carboxylic acids is 2. The monoisotopic (exact) mass is 408 g/mol. The maximum Gasteiger partial charge on any atom is 0.410 e. The van der Waals surface area contributed by atoms with E-state index in [1.807, 2.05) is 30.3 Å². The average Bonchev–Trinajstić information content (AvgIpc) is 3.18. The van der Waals surface area contributed by atoms with Crippen LogP contribution < -0.4 is 11.1 Å². The van der Waals surface area contributed by atoms with E-state index in [1.165, 1.54) is 11.3 Å². The molecule has 0 bridgehead atoms. The van der Waals surface area contributed by atoms with Crippen LogP contribution in [0.25, 0.3) is 0 Å². The number of nitrogens with two attached hydrogens (primary N) is 1. The van der Waals surface area contributed by atoms with Gasteiger partial charge in [-0.25, -0.2) is 9.78 Å². The Balaban J connectivity index is 1.38. The molecule has 3 N–H and O–H groups in total. The van der Waals surface area contributed by atoms with Crippen molar-refractivity contribution in [2.24, 2.45) is 0 Å². The first-order valence-corrected chi connectivity index (χ1v) is 10.0. The molecule has 3 aromatic rings. The molecule has 2 amide bonds. The van der Waals surface area contributed by atoms with Crippen molar-refractivity contribution in [3.8, 4) is 0 Å². The number of nitrogen functional groups attached to an aromatic ring is 1. The van der Waals surface area contributed by atoms with Crippen molar-refractivity contribution in [3.63, 3.8) is 0 Å². The quantitative estimate of drug-likeness (QED) is 0.642. The Bertz CT molecular complexity index is 1040. The Morgan fingerprint density at radius 2 is 1.90 bits per heavy atom. The summed E-state index contributed by atoms with van der Waals surface area (Å²) >= 11 is 1.29. The Kier molecular flexibility index (Phi) is 5.44. The molecule has 0 saturated carbocycles. The summed E-state index contributed by atoms with van der Waals surface area (Å²) < 4.78 is 5.41. The van der Waals surface area contributed by atoms with Gasteiger partial charge in [-0.2, -0.15) is 0 Å². The molecule has 0 saturated heterocycles. The van der Waals surface area contributed by atoms with Crippen LogP contribution in [0.5, 0.6) is 0 Å². The first-order chi connectivity index (χ1) is 14.1. The lowest BCUT2D eigenvalue weighted by molar-refractivity contribution is 0.0920. The number of benzene rings is 2. The predicted octanol–water partition coefficient (Wildman–Crippen LogP) is 3.67. The summed E-state index contributed by atoms with van der Waals surface area (Å²) in [5.74, 6) is -0.305. The summed E-state index contributed by atoms with van der Waals surface area (Å²) in [6, 6.07) is 16.6. The number of aromatic nitrogens is 1. The van der Waals surface area contributed by atoms with Gasteiger partial charge in [-0.05, 0) is 17.7 Å². The highest BCUT2D eigenvalue weighted by Crippen LogP contribution is 2.27. The fraction of sp³-hybridized carbons (Fsp3) is 0.190. The summed E-state index contributed by atoms with van der Waals surface area (Å²) in [5.41, 5.74) is 8.72. The van der Waals surface area contributed by atoms with Gasteiger partial charge in [-0.3, -0.25) is 4.79 Å². The van der Waals surface area contributed by atoms with Gasteiger partial charge in [0.1, 0.15) is 6.61 Å². The SMILES string of the molecule is Nc1ccccc1NC(=O)c1nc2c(s1)CN(C(=O)OCc1ccccc1)CC2. The number of carbonyl (C=O) groups is 2. The van der Waals surface area contributed by atoms with Crippen molar-refractivity contribution in [2.75, 3.05) is 17.6 Å². The van der Waals surface area contributed by atoms with Crippen LogP contribution in [0.15, 0.2) is 54.6 Å². The summed E-state index contributed by atoms with van der Waals surface area (Å²) in [5, 5.41) is 3.15. The van der Waals surface area contributed by atoms with Gasteiger partial charge in [0.15, 0.2) is 5.01 Å². The van der Waals surface area contributed by atoms with Crippen LogP contribution in [0.2, 0.25) is 0 Å². The Labute approximate surface area is 172 Å². The highest BCUT2D eigenvalue weighted by Gasteiger charge is 2.26. The van der Waals surface area contributed by atoms with Crippen LogP contribution in [-0.2, 0) is 24.3 Å². The molecule has 7 nitrogen and oxygen atoms in total. The molecule has 1 aromatic heterocycles. The van der Waals surface area contributed by atoms with E-state index >= 15 is 0 Å². The molecule has 1 aliphatic rings. The predicted molar refractivity (Wildman–Crippen MR) is 112 cm³/mol. The third-order valence-electron chi connectivity index (χ3n) is 4.60. The maximum atomic E-state index is 12.5. The number of rotatable bonds is 4. The summed E-state index contributed by atoms with van der Waals surface area (Å²) in [6.45, 7) is 1.14. The van der Waals surface area contributed by atoms with Gasteiger partial charge in [-0.1, -0.05) is 42.5 Å². The van der Waals surface area contributed by atoms with Crippen LogP contribution >= 0.6 is 11.3 Å². The van der Waals surface area contributed by atoms with Crippen molar-refractivity contribution >= 4 is 34.7 Å². The number of amides is 2. The molecule has 0 atom stereocenters. The Morgan fingerprint density at radius 3 is 2.69 bits per heavy atom. The average molecular weight is 408 g/mol. The number of nitrogens with one attached hydrogen (secondary N) is 1. The molecule has 8 heteroatoms. The second kappa shape index (κ2) is 8.32. The van der Waals surface area contributed by atoms with E-state index < -0.39 is 0 Å². The number of hydrogen-bond donors (Lipinski definition) is 2. The molecular weight excluding hydrogens is 388 g/mol. The lowest BCUT2D eigenvalue weighted by Gasteiger charge is -2.25. The van der Waals surface area contributed by atoms with Gasteiger partial charge >= 0.3 is 6.09 Å². The second-order valence-corrected chi connectivity index (χ2v) is 7.73. The summed E-state index contributed by atoms with van der Waals surface area (Å²) in [6.07, 6.45) is 0.225. The number of para-hydroxylation sites is 2. The number of anilines is 2. The fourth-order valence-electron chi connectivity index (χ4n) is 3.05. The molecule has 0 aliphatic carbocycles. The van der Waals surface area contributed by atoms with Crippen molar-refractivity contribution in [3.05, 3.63) is 75.7 Å². The molecule has 0 fully saturated rings. The zero-order valence-corrected chi connectivity index (χ0v) is 16.4. The molecule has 0 radical (unpaired) electrons. The maximum absolute atomic E-state index is 12.5. The first kappa shape index (κ1) is 18.9. The first-order valence-electron chi connectivity index (χ1n) is 9.20. The minimum Gasteiger partial charge on any atom is -0.445 e. The number of ether oxygens (including phenoxy) is 1. The summed E-state index contributed by atoms with van der Waals surface area (Å²) in [4.78, 5) is 31.9. The molecule has 1 aliphatic heterocycles. The standard InChI is InChI=1S/C21H20N4O3S/c22-15-8-4-5-9-16(15)23-19(26)20-24-17-10-11-25(12-18(17)29-20)21(27)28-13-14-6-2-1-3-7-14/h1-9H,10-13,22H2,(H,23,26). The zero-order chi connectivity index (χ0) is 20.2. The van der Waals surface area contributed by atoms with E-state index in [1.54, 1.807) is 29.2 Å². The fourth-order valence-corrected chi connectivity index (χ4v) is 4.06. The molecule has 2 aromatic carbocycles. The highest BCUT2D eigenvalue weighted by molar-refractivity contribution is 7.13. The van der Waals surface area contributed by atoms with Crippen molar-refractivity contribution in [1.82, 2.24) is 9.88 Å². The molecule has 0 spiro atoms. The minimum absolute atomic E-state index is 0.234. The number of hydrogen-bond acceptors (Lipinski definition) is 6. The van der Waals surface area contributed by atoms with Gasteiger partial charge in [0.25, 0.3) is 5.91 Å². The largest absolute Gasteiger partial charge is 0.445 e. The zero-order valence-electron chi connectivity index (χ0n) is 15.6. The molecule has 2 heterocycles. The number of fused-ring (bicyclic) bond motifs is 1. The van der Waals surface area contributed by atoms with Gasteiger partial charge < -0.3 is 20.7 Å². The minimum atomic E-state index is -0.365. The lowest BCUT2D eigenvalue weighted by atomic mass is 10.2. The van der Waals surface area contributed by atoms with E-state index in [0.717, 1.165) is 16.1 Å². The number of thiazole rings is 1. The molecule has 148 valence electrons. The molecule has 0 unspecified atom stereocenters. The Hall–Kier alpha value is -3.39. The van der Waals surface area contributed by atoms with Gasteiger partial charge in [-0.15, -0.1) is 11.3 Å². The van der Waals surface area contributed by atoms with Crippen LogP contribution in [0, 0.1) is 0 Å². The van der Waals surface area contributed by atoms with E-state index in [4.69, 9.17) is 10.5 Å². The van der Waals surface area contributed by atoms with Crippen molar-refractivity contribution in [1.29, 1.82) is 0 Å². The topological polar surface area (TPSA) is 97.5 Å². The molecule has 29 heavy (non-hydrogen) atoms. The van der Waals surface area contributed by atoms with E-state index in [2.05, 4.69) is 10.3 Å². The Morgan fingerprint density at radius 1 is 1.14 bits per heavy atom. The van der Waals surface area contributed by atoms with E-state index in [-0.39, 0.29) is 18.6 Å². The van der Waals surface area contributed by atoms with E-state index in [0.29, 0.717) is 35.9 Å². The third-order valence-corrected chi connectivity index (χ3v) is 5.68. The normalized spacial score (nSPS) is 12.9. The smallest absolute Gasteiger partial charge is 0.410 e.